The van der Waals surface area contributed by atoms with Crippen molar-refractivity contribution in [2.45, 2.75) is 20.8 Å². The third kappa shape index (κ3) is 2.94. The van der Waals surface area contributed by atoms with Gasteiger partial charge in [-0.15, -0.1) is 0 Å². The molecule has 19 heavy (non-hydrogen) atoms. The van der Waals surface area contributed by atoms with Gasteiger partial charge in [0, 0.05) is 16.9 Å². The highest BCUT2D eigenvalue weighted by molar-refractivity contribution is 6.06. The molecule has 98 valence electrons. The predicted octanol–water partition coefficient (Wildman–Crippen LogP) is 3.45. The second-order valence-corrected chi connectivity index (χ2v) is 4.85. The zero-order valence-corrected chi connectivity index (χ0v) is 11.4. The number of hydrogen-bond acceptors (Lipinski definition) is 2. The van der Waals surface area contributed by atoms with Gasteiger partial charge >= 0.3 is 0 Å². The predicted molar refractivity (Wildman–Crippen MR) is 79.5 cm³/mol. The van der Waals surface area contributed by atoms with Gasteiger partial charge < -0.3 is 11.1 Å². The summed E-state index contributed by atoms with van der Waals surface area (Å²) in [4.78, 5) is 12.3. The number of nitrogens with one attached hydrogen (secondary N) is 1. The maximum atomic E-state index is 12.3. The normalized spacial score (nSPS) is 10.3. The topological polar surface area (TPSA) is 55.1 Å². The summed E-state index contributed by atoms with van der Waals surface area (Å²) in [6.07, 6.45) is 0. The summed E-state index contributed by atoms with van der Waals surface area (Å²) in [5, 5.41) is 2.89. The summed E-state index contributed by atoms with van der Waals surface area (Å²) in [5.74, 6) is -0.0835. The molecule has 0 heterocycles. The molecule has 2 rings (SSSR count). The van der Waals surface area contributed by atoms with E-state index in [9.17, 15) is 4.79 Å². The molecule has 0 aliphatic rings. The van der Waals surface area contributed by atoms with Crippen LogP contribution in [0.5, 0.6) is 0 Å². The van der Waals surface area contributed by atoms with E-state index < -0.39 is 0 Å². The summed E-state index contributed by atoms with van der Waals surface area (Å²) < 4.78 is 0. The van der Waals surface area contributed by atoms with Crippen LogP contribution >= 0.6 is 0 Å². The SMILES string of the molecule is Cc1cc(C)c(C(=O)Nc2ccc(N)cc2)c(C)c1. The van der Waals surface area contributed by atoms with Crippen molar-refractivity contribution in [3.63, 3.8) is 0 Å². The monoisotopic (exact) mass is 254 g/mol. The first-order chi connectivity index (χ1) is 8.97. The first-order valence-corrected chi connectivity index (χ1v) is 6.22. The number of anilines is 2. The van der Waals surface area contributed by atoms with Gasteiger partial charge in [-0.05, 0) is 56.2 Å². The van der Waals surface area contributed by atoms with E-state index in [1.807, 2.05) is 32.9 Å². The minimum atomic E-state index is -0.0835. The molecule has 0 aliphatic carbocycles. The van der Waals surface area contributed by atoms with Gasteiger partial charge in [0.1, 0.15) is 0 Å². The fourth-order valence-corrected chi connectivity index (χ4v) is 2.30. The average Bonchev–Trinajstić information content (AvgIpc) is 2.30. The number of hydrogen-bond donors (Lipinski definition) is 2. The van der Waals surface area contributed by atoms with E-state index in [1.54, 1.807) is 24.3 Å². The van der Waals surface area contributed by atoms with Crippen molar-refractivity contribution in [2.75, 3.05) is 11.1 Å². The molecule has 0 fully saturated rings. The van der Waals surface area contributed by atoms with Crippen molar-refractivity contribution in [3.8, 4) is 0 Å². The fourth-order valence-electron chi connectivity index (χ4n) is 2.30. The number of rotatable bonds is 2. The van der Waals surface area contributed by atoms with E-state index in [1.165, 1.54) is 5.56 Å². The highest BCUT2D eigenvalue weighted by atomic mass is 16.1. The molecular formula is C16H18N2O. The Kier molecular flexibility index (Phi) is 3.56. The minimum absolute atomic E-state index is 0.0835. The van der Waals surface area contributed by atoms with Gasteiger partial charge in [-0.1, -0.05) is 17.7 Å². The zero-order valence-electron chi connectivity index (χ0n) is 11.4. The molecule has 0 bridgehead atoms. The van der Waals surface area contributed by atoms with Crippen molar-refractivity contribution in [1.29, 1.82) is 0 Å². The summed E-state index contributed by atoms with van der Waals surface area (Å²) in [6, 6.07) is 11.2. The van der Waals surface area contributed by atoms with Gasteiger partial charge in [-0.3, -0.25) is 4.79 Å². The Labute approximate surface area is 113 Å². The van der Waals surface area contributed by atoms with E-state index in [-0.39, 0.29) is 5.91 Å². The van der Waals surface area contributed by atoms with Crippen LogP contribution in [0.4, 0.5) is 11.4 Å². The lowest BCUT2D eigenvalue weighted by Crippen LogP contribution is -2.15. The number of carbonyl (C=O) groups excluding carboxylic acids is 1. The van der Waals surface area contributed by atoms with Crippen molar-refractivity contribution in [2.24, 2.45) is 0 Å². The molecule has 3 N–H and O–H groups in total. The largest absolute Gasteiger partial charge is 0.399 e. The summed E-state index contributed by atoms with van der Waals surface area (Å²) in [6.45, 7) is 5.94. The highest BCUT2D eigenvalue weighted by Crippen LogP contribution is 2.19. The van der Waals surface area contributed by atoms with Gasteiger partial charge in [-0.25, -0.2) is 0 Å². The van der Waals surface area contributed by atoms with Crippen LogP contribution in [0.1, 0.15) is 27.0 Å². The Hall–Kier alpha value is -2.29. The van der Waals surface area contributed by atoms with Crippen molar-refractivity contribution < 1.29 is 4.79 Å². The first-order valence-electron chi connectivity index (χ1n) is 6.22. The number of benzene rings is 2. The van der Waals surface area contributed by atoms with Crippen LogP contribution in [-0.2, 0) is 0 Å². The van der Waals surface area contributed by atoms with E-state index in [0.29, 0.717) is 5.69 Å². The molecule has 0 aliphatic heterocycles. The third-order valence-corrected chi connectivity index (χ3v) is 3.07. The van der Waals surface area contributed by atoms with Crippen LogP contribution in [0.15, 0.2) is 36.4 Å². The molecule has 0 saturated heterocycles. The van der Waals surface area contributed by atoms with Gasteiger partial charge in [0.05, 0.1) is 0 Å². The molecular weight excluding hydrogens is 236 g/mol. The van der Waals surface area contributed by atoms with Gasteiger partial charge in [-0.2, -0.15) is 0 Å². The lowest BCUT2D eigenvalue weighted by Gasteiger charge is -2.11. The van der Waals surface area contributed by atoms with Crippen LogP contribution in [0.3, 0.4) is 0 Å². The van der Waals surface area contributed by atoms with Crippen LogP contribution in [-0.4, -0.2) is 5.91 Å². The maximum Gasteiger partial charge on any atom is 0.256 e. The number of aryl methyl sites for hydroxylation is 3. The Morgan fingerprint density at radius 2 is 1.53 bits per heavy atom. The summed E-state index contributed by atoms with van der Waals surface area (Å²) >= 11 is 0. The van der Waals surface area contributed by atoms with Crippen LogP contribution in [0, 0.1) is 20.8 Å². The quantitative estimate of drug-likeness (QED) is 0.806. The average molecular weight is 254 g/mol. The Balaban J connectivity index is 2.28. The van der Waals surface area contributed by atoms with E-state index in [4.69, 9.17) is 5.73 Å². The number of nitrogens with two attached hydrogens (primary N) is 1. The summed E-state index contributed by atoms with van der Waals surface area (Å²) in [7, 11) is 0. The number of carbonyl (C=O) groups is 1. The van der Waals surface area contributed by atoms with Crippen molar-refractivity contribution >= 4 is 17.3 Å². The van der Waals surface area contributed by atoms with E-state index >= 15 is 0 Å². The third-order valence-electron chi connectivity index (χ3n) is 3.07. The standard InChI is InChI=1S/C16H18N2O/c1-10-8-11(2)15(12(3)9-10)16(19)18-14-6-4-13(17)5-7-14/h4-9H,17H2,1-3H3,(H,18,19). The molecule has 2 aromatic carbocycles. The molecule has 0 saturated carbocycles. The molecule has 3 heteroatoms. The Morgan fingerprint density at radius 1 is 1.00 bits per heavy atom. The second kappa shape index (κ2) is 5.14. The highest BCUT2D eigenvalue weighted by Gasteiger charge is 2.12. The van der Waals surface area contributed by atoms with Crippen LogP contribution in [0.25, 0.3) is 0 Å². The van der Waals surface area contributed by atoms with Crippen LogP contribution in [0.2, 0.25) is 0 Å². The van der Waals surface area contributed by atoms with Gasteiger partial charge in [0.25, 0.3) is 5.91 Å². The molecule has 0 spiro atoms. The molecule has 1 amide bonds. The Bertz CT molecular complexity index is 592. The number of nitrogen functional groups attached to an aromatic ring is 1. The molecule has 0 aromatic heterocycles. The lowest BCUT2D eigenvalue weighted by molar-refractivity contribution is 0.102. The summed E-state index contributed by atoms with van der Waals surface area (Å²) in [5.41, 5.74) is 10.9. The Morgan fingerprint density at radius 3 is 2.05 bits per heavy atom. The molecule has 0 radical (unpaired) electrons. The first kappa shape index (κ1) is 13.1. The second-order valence-electron chi connectivity index (χ2n) is 4.85. The molecule has 3 nitrogen and oxygen atoms in total. The zero-order chi connectivity index (χ0) is 14.0. The van der Waals surface area contributed by atoms with Crippen LogP contribution < -0.4 is 11.1 Å². The van der Waals surface area contributed by atoms with Gasteiger partial charge in [0.15, 0.2) is 0 Å². The lowest BCUT2D eigenvalue weighted by atomic mass is 9.99. The molecule has 0 atom stereocenters. The van der Waals surface area contributed by atoms with E-state index in [0.717, 1.165) is 22.4 Å². The van der Waals surface area contributed by atoms with Gasteiger partial charge in [0.2, 0.25) is 0 Å². The minimum Gasteiger partial charge on any atom is -0.399 e. The van der Waals surface area contributed by atoms with Crippen molar-refractivity contribution in [3.05, 3.63) is 58.7 Å². The van der Waals surface area contributed by atoms with E-state index in [2.05, 4.69) is 5.32 Å². The fraction of sp³-hybridized carbons (Fsp3) is 0.188. The molecule has 0 unspecified atom stereocenters. The number of amides is 1. The van der Waals surface area contributed by atoms with Crippen molar-refractivity contribution in [1.82, 2.24) is 0 Å². The smallest absolute Gasteiger partial charge is 0.256 e. The molecule has 2 aromatic rings. The maximum absolute atomic E-state index is 12.3.